The fourth-order valence-corrected chi connectivity index (χ4v) is 6.08. The minimum Gasteiger partial charge on any atom is -0.356 e. The van der Waals surface area contributed by atoms with Crippen molar-refractivity contribution in [2.24, 2.45) is 23.7 Å². The summed E-state index contributed by atoms with van der Waals surface area (Å²) in [5, 5.41) is 24.0. The zero-order valence-corrected chi connectivity index (χ0v) is 40.8. The fourth-order valence-electron chi connectivity index (χ4n) is 6.08. The number of amides is 7. The normalized spacial score (nSPS) is 11.6. The molecule has 0 aromatic heterocycles. The predicted octanol–water partition coefficient (Wildman–Crippen LogP) is 0.668. The summed E-state index contributed by atoms with van der Waals surface area (Å²) in [6, 6.07) is 0.313. The predicted molar refractivity (Wildman–Crippen MR) is 251 cm³/mol. The summed E-state index contributed by atoms with van der Waals surface area (Å²) in [5.74, 6) is -0.756. The van der Waals surface area contributed by atoms with Gasteiger partial charge in [-0.2, -0.15) is 0 Å². The van der Waals surface area contributed by atoms with Crippen molar-refractivity contribution in [2.75, 3.05) is 111 Å². The van der Waals surface area contributed by atoms with E-state index in [0.717, 1.165) is 0 Å². The number of carbonyl (C=O) groups excluding carboxylic acids is 7. The lowest BCUT2D eigenvalue weighted by molar-refractivity contribution is -0.125. The van der Waals surface area contributed by atoms with Crippen LogP contribution >= 0.6 is 0 Å². The van der Waals surface area contributed by atoms with Crippen LogP contribution in [0.3, 0.4) is 0 Å². The summed E-state index contributed by atoms with van der Waals surface area (Å²) < 4.78 is 0. The highest BCUT2D eigenvalue weighted by atomic mass is 16.2. The number of rotatable bonds is 38. The first-order chi connectivity index (χ1) is 29.8. The highest BCUT2D eigenvalue weighted by Crippen LogP contribution is 2.01. The van der Waals surface area contributed by atoms with Crippen molar-refractivity contribution in [1.82, 2.24) is 57.2 Å². The molecule has 366 valence electrons. The van der Waals surface area contributed by atoms with Crippen LogP contribution in [0.2, 0.25) is 0 Å². The molecule has 0 aliphatic carbocycles. The zero-order valence-electron chi connectivity index (χ0n) is 40.8. The monoisotopic (exact) mass is 896 g/mol. The average molecular weight is 896 g/mol. The summed E-state index contributed by atoms with van der Waals surface area (Å²) in [7, 11) is 0. The van der Waals surface area contributed by atoms with E-state index >= 15 is 0 Å². The largest absolute Gasteiger partial charge is 0.356 e. The zero-order chi connectivity index (χ0) is 47.6. The van der Waals surface area contributed by atoms with Crippen LogP contribution in [0.15, 0.2) is 0 Å². The molecule has 0 aliphatic heterocycles. The third-order valence-electron chi connectivity index (χ3n) is 9.95. The molecule has 0 bridgehead atoms. The van der Waals surface area contributed by atoms with Gasteiger partial charge in [-0.25, -0.2) is 0 Å². The summed E-state index contributed by atoms with van der Waals surface area (Å²) in [6.07, 6.45) is 3.98. The standard InChI is InChI=1S/C45H89N11O7/c1-34(2)42(60)50-19-13-27-55(28-14-20-51-43(61)35(3)4)31-39(57)47-17-11-25-54(33-41(59)49-24-23-46-38(9)10)26-12-18-48-40(58)32-56(29-15-21-52-44(62)36(5)6)30-16-22-53-45(63)37(7)8/h34-38,46H,11-33H2,1-10H3,(H,47,57)(H,48,58)(H,49,59)(H,50,60)(H,51,61)(H,52,62)(H,53,63). The summed E-state index contributed by atoms with van der Waals surface area (Å²) in [4.78, 5) is 93.2. The van der Waals surface area contributed by atoms with Crippen LogP contribution in [0.5, 0.6) is 0 Å². The van der Waals surface area contributed by atoms with E-state index in [2.05, 4.69) is 42.5 Å². The third kappa shape index (κ3) is 34.2. The van der Waals surface area contributed by atoms with E-state index in [9.17, 15) is 33.6 Å². The molecule has 0 aromatic rings. The van der Waals surface area contributed by atoms with Crippen LogP contribution in [-0.4, -0.2) is 173 Å². The number of carbonyl (C=O) groups is 7. The molecule has 0 rings (SSSR count). The van der Waals surface area contributed by atoms with Crippen LogP contribution in [0.1, 0.15) is 108 Å². The minimum absolute atomic E-state index is 0.00720. The van der Waals surface area contributed by atoms with Gasteiger partial charge in [0.1, 0.15) is 0 Å². The average Bonchev–Trinajstić information content (AvgIpc) is 3.21. The van der Waals surface area contributed by atoms with Gasteiger partial charge < -0.3 is 42.5 Å². The first-order valence-corrected chi connectivity index (χ1v) is 23.6. The molecule has 63 heavy (non-hydrogen) atoms. The number of hydrogen-bond donors (Lipinski definition) is 8. The van der Waals surface area contributed by atoms with Gasteiger partial charge in [-0.3, -0.25) is 48.3 Å². The molecule has 18 heteroatoms. The van der Waals surface area contributed by atoms with Crippen molar-refractivity contribution in [3.05, 3.63) is 0 Å². The Morgan fingerprint density at radius 1 is 0.317 bits per heavy atom. The maximum atomic E-state index is 13.1. The Kier molecular flexibility index (Phi) is 34.2. The maximum Gasteiger partial charge on any atom is 0.234 e. The van der Waals surface area contributed by atoms with Crippen LogP contribution in [0, 0.1) is 23.7 Å². The van der Waals surface area contributed by atoms with Gasteiger partial charge in [0.2, 0.25) is 41.4 Å². The molecule has 7 amide bonds. The molecule has 0 spiro atoms. The quantitative estimate of drug-likeness (QED) is 0.0403. The molecular formula is C45H89N11O7. The van der Waals surface area contributed by atoms with Crippen LogP contribution in [0.4, 0.5) is 0 Å². The molecule has 0 saturated carbocycles. The van der Waals surface area contributed by atoms with Crippen molar-refractivity contribution in [1.29, 1.82) is 0 Å². The van der Waals surface area contributed by atoms with Gasteiger partial charge in [-0.1, -0.05) is 69.2 Å². The topological polar surface area (TPSA) is 225 Å². The molecule has 0 aliphatic rings. The van der Waals surface area contributed by atoms with Gasteiger partial charge in [-0.05, 0) is 38.5 Å². The van der Waals surface area contributed by atoms with E-state index in [4.69, 9.17) is 0 Å². The first kappa shape index (κ1) is 59.1. The number of hydrogen-bond acceptors (Lipinski definition) is 11. The molecule has 0 fully saturated rings. The van der Waals surface area contributed by atoms with Crippen LogP contribution in [0.25, 0.3) is 0 Å². The highest BCUT2D eigenvalue weighted by Gasteiger charge is 2.16. The smallest absolute Gasteiger partial charge is 0.234 e. The Labute approximate surface area is 380 Å². The van der Waals surface area contributed by atoms with Gasteiger partial charge in [0.05, 0.1) is 19.6 Å². The highest BCUT2D eigenvalue weighted by molar-refractivity contribution is 5.80. The molecule has 0 aromatic carbocycles. The van der Waals surface area contributed by atoms with Crippen molar-refractivity contribution < 1.29 is 33.6 Å². The lowest BCUT2D eigenvalue weighted by Crippen LogP contribution is -2.43. The van der Waals surface area contributed by atoms with Crippen molar-refractivity contribution in [3.63, 3.8) is 0 Å². The third-order valence-corrected chi connectivity index (χ3v) is 9.95. The minimum atomic E-state index is -0.119. The SMILES string of the molecule is CC(C)NCCNC(=O)CN(CCCNC(=O)CN(CCCNC(=O)C(C)C)CCCNC(=O)C(C)C)CCCNC(=O)CN(CCCNC(=O)C(C)C)CCCNC(=O)C(C)C. The Morgan fingerprint density at radius 2 is 0.540 bits per heavy atom. The summed E-state index contributed by atoms with van der Waals surface area (Å²) >= 11 is 0. The second kappa shape index (κ2) is 36.5. The van der Waals surface area contributed by atoms with E-state index in [-0.39, 0.29) is 84.7 Å². The molecule has 0 heterocycles. The lowest BCUT2D eigenvalue weighted by Gasteiger charge is -2.24. The molecule has 0 unspecified atom stereocenters. The fraction of sp³-hybridized carbons (Fsp3) is 0.844. The van der Waals surface area contributed by atoms with E-state index in [1.54, 1.807) is 0 Å². The Bertz CT molecular complexity index is 1180. The lowest BCUT2D eigenvalue weighted by atomic mass is 10.2. The Morgan fingerprint density at radius 3 is 0.762 bits per heavy atom. The molecule has 18 nitrogen and oxygen atoms in total. The van der Waals surface area contributed by atoms with E-state index in [1.165, 1.54) is 0 Å². The van der Waals surface area contributed by atoms with E-state index in [1.807, 2.05) is 83.9 Å². The second-order valence-electron chi connectivity index (χ2n) is 17.9. The van der Waals surface area contributed by atoms with Crippen molar-refractivity contribution >= 4 is 41.4 Å². The van der Waals surface area contributed by atoms with Crippen LogP contribution in [-0.2, 0) is 33.6 Å². The van der Waals surface area contributed by atoms with Gasteiger partial charge >= 0.3 is 0 Å². The number of nitrogens with zero attached hydrogens (tertiary/aromatic N) is 3. The summed E-state index contributed by atoms with van der Waals surface area (Å²) in [6.45, 7) is 27.1. The molecular weight excluding hydrogens is 807 g/mol. The maximum absolute atomic E-state index is 13.1. The van der Waals surface area contributed by atoms with E-state index in [0.29, 0.717) is 136 Å². The Balaban J connectivity index is 5.25. The van der Waals surface area contributed by atoms with Gasteiger partial charge in [-0.15, -0.1) is 0 Å². The molecule has 0 saturated heterocycles. The van der Waals surface area contributed by atoms with Crippen molar-refractivity contribution in [2.45, 2.75) is 114 Å². The van der Waals surface area contributed by atoms with Gasteiger partial charge in [0.15, 0.2) is 0 Å². The summed E-state index contributed by atoms with van der Waals surface area (Å²) in [5.41, 5.74) is 0. The van der Waals surface area contributed by atoms with Gasteiger partial charge in [0.25, 0.3) is 0 Å². The molecule has 0 atom stereocenters. The number of nitrogens with one attached hydrogen (secondary N) is 8. The molecule has 0 radical (unpaired) electrons. The molecule has 8 N–H and O–H groups in total. The Hall–Kier alpha value is -3.87. The van der Waals surface area contributed by atoms with Crippen molar-refractivity contribution in [3.8, 4) is 0 Å². The first-order valence-electron chi connectivity index (χ1n) is 23.6. The van der Waals surface area contributed by atoms with Crippen LogP contribution < -0.4 is 42.5 Å². The second-order valence-corrected chi connectivity index (χ2v) is 17.9. The van der Waals surface area contributed by atoms with Gasteiger partial charge in [0, 0.05) is 121 Å². The van der Waals surface area contributed by atoms with E-state index < -0.39 is 0 Å².